The molecule has 2 unspecified atom stereocenters. The molecule has 1 aliphatic heterocycles. The summed E-state index contributed by atoms with van der Waals surface area (Å²) in [5.41, 5.74) is 2.16. The summed E-state index contributed by atoms with van der Waals surface area (Å²) in [4.78, 5) is 4.56. The number of rotatable bonds is 3. The van der Waals surface area contributed by atoms with Crippen LogP contribution in [0.4, 0.5) is 5.69 Å². The minimum Gasteiger partial charge on any atom is -0.380 e. The molecule has 1 fully saturated rings. The average Bonchev–Trinajstić information content (AvgIpc) is 2.47. The van der Waals surface area contributed by atoms with Gasteiger partial charge >= 0.3 is 0 Å². The molecular weight excluding hydrogens is 328 g/mol. The zero-order valence-electron chi connectivity index (χ0n) is 12.5. The third-order valence-electron chi connectivity index (χ3n) is 4.10. The lowest BCUT2D eigenvalue weighted by Gasteiger charge is -2.33. The van der Waals surface area contributed by atoms with Gasteiger partial charge < -0.3 is 10.1 Å². The second-order valence-electron chi connectivity index (χ2n) is 6.05. The third-order valence-corrected chi connectivity index (χ3v) is 4.53. The molecule has 1 aromatic carbocycles. The summed E-state index contributed by atoms with van der Waals surface area (Å²) in [7, 11) is 0. The summed E-state index contributed by atoms with van der Waals surface area (Å²) >= 11 is 3.48. The lowest BCUT2D eigenvalue weighted by molar-refractivity contribution is -0.0160. The standard InChI is InChI=1S/C17H21BrN2O/c1-11(2)16-9-14(6-7-21-16)20-15-5-3-4-12-8-13(18)10-19-17(12)15/h3-5,8,10-11,14,16,20H,6-7,9H2,1-2H3. The monoisotopic (exact) mass is 348 g/mol. The Morgan fingerprint density at radius 2 is 2.24 bits per heavy atom. The smallest absolute Gasteiger partial charge is 0.0934 e. The van der Waals surface area contributed by atoms with Crippen LogP contribution in [0.25, 0.3) is 10.9 Å². The molecule has 2 atom stereocenters. The van der Waals surface area contributed by atoms with Crippen molar-refractivity contribution in [1.82, 2.24) is 4.98 Å². The Kier molecular flexibility index (Phi) is 4.45. The Hall–Kier alpha value is -1.13. The van der Waals surface area contributed by atoms with Gasteiger partial charge in [-0.05, 0) is 46.8 Å². The number of ether oxygens (including phenoxy) is 1. The van der Waals surface area contributed by atoms with Gasteiger partial charge in [0.05, 0.1) is 17.3 Å². The molecule has 1 aliphatic rings. The molecule has 1 aromatic heterocycles. The van der Waals surface area contributed by atoms with Crippen molar-refractivity contribution in [3.63, 3.8) is 0 Å². The molecule has 2 aromatic rings. The zero-order chi connectivity index (χ0) is 14.8. The second kappa shape index (κ2) is 6.32. The number of hydrogen-bond donors (Lipinski definition) is 1. The van der Waals surface area contributed by atoms with E-state index in [1.807, 2.05) is 6.20 Å². The van der Waals surface area contributed by atoms with Crippen molar-refractivity contribution in [2.24, 2.45) is 5.92 Å². The number of hydrogen-bond acceptors (Lipinski definition) is 3. The van der Waals surface area contributed by atoms with E-state index in [4.69, 9.17) is 4.74 Å². The summed E-state index contributed by atoms with van der Waals surface area (Å²) < 4.78 is 6.86. The first-order valence-electron chi connectivity index (χ1n) is 7.56. The number of fused-ring (bicyclic) bond motifs is 1. The number of nitrogens with one attached hydrogen (secondary N) is 1. The summed E-state index contributed by atoms with van der Waals surface area (Å²) in [6.45, 7) is 5.29. The molecule has 0 amide bonds. The largest absolute Gasteiger partial charge is 0.380 e. The Labute approximate surface area is 134 Å². The number of nitrogens with zero attached hydrogens (tertiary/aromatic N) is 1. The molecule has 0 saturated carbocycles. The van der Waals surface area contributed by atoms with Crippen LogP contribution in [-0.4, -0.2) is 23.7 Å². The molecule has 3 rings (SSSR count). The fraction of sp³-hybridized carbons (Fsp3) is 0.471. The Bertz CT molecular complexity index is 629. The van der Waals surface area contributed by atoms with Crippen LogP contribution >= 0.6 is 15.9 Å². The zero-order valence-corrected chi connectivity index (χ0v) is 14.1. The van der Waals surface area contributed by atoms with E-state index in [1.165, 1.54) is 0 Å². The van der Waals surface area contributed by atoms with E-state index < -0.39 is 0 Å². The number of anilines is 1. The number of para-hydroxylation sites is 1. The fourth-order valence-corrected chi connectivity index (χ4v) is 3.24. The van der Waals surface area contributed by atoms with Crippen LogP contribution in [-0.2, 0) is 4.74 Å². The number of halogens is 1. The first kappa shape index (κ1) is 14.8. The molecule has 0 spiro atoms. The van der Waals surface area contributed by atoms with E-state index >= 15 is 0 Å². The molecule has 112 valence electrons. The Morgan fingerprint density at radius 3 is 3.05 bits per heavy atom. The lowest BCUT2D eigenvalue weighted by Crippen LogP contribution is -2.36. The van der Waals surface area contributed by atoms with Gasteiger partial charge in [0.1, 0.15) is 0 Å². The predicted octanol–water partition coefficient (Wildman–Crippen LogP) is 4.61. The van der Waals surface area contributed by atoms with Gasteiger partial charge in [0.15, 0.2) is 0 Å². The van der Waals surface area contributed by atoms with Crippen LogP contribution in [0.3, 0.4) is 0 Å². The van der Waals surface area contributed by atoms with Gasteiger partial charge in [0.25, 0.3) is 0 Å². The molecule has 1 saturated heterocycles. The van der Waals surface area contributed by atoms with Crippen molar-refractivity contribution in [3.05, 3.63) is 34.9 Å². The van der Waals surface area contributed by atoms with Gasteiger partial charge in [-0.25, -0.2) is 0 Å². The average molecular weight is 349 g/mol. The molecule has 0 bridgehead atoms. The van der Waals surface area contributed by atoms with E-state index in [-0.39, 0.29) is 0 Å². The lowest BCUT2D eigenvalue weighted by atomic mass is 9.95. The first-order chi connectivity index (χ1) is 10.1. The minimum absolute atomic E-state index is 0.355. The molecule has 3 nitrogen and oxygen atoms in total. The van der Waals surface area contributed by atoms with E-state index in [0.717, 1.165) is 40.5 Å². The van der Waals surface area contributed by atoms with Gasteiger partial charge in [0.2, 0.25) is 0 Å². The van der Waals surface area contributed by atoms with Crippen LogP contribution < -0.4 is 5.32 Å². The van der Waals surface area contributed by atoms with Crippen LogP contribution in [0.1, 0.15) is 26.7 Å². The maximum Gasteiger partial charge on any atom is 0.0934 e. The molecule has 0 aliphatic carbocycles. The number of pyridine rings is 1. The van der Waals surface area contributed by atoms with Gasteiger partial charge in [-0.3, -0.25) is 4.98 Å². The summed E-state index contributed by atoms with van der Waals surface area (Å²) in [6, 6.07) is 8.86. The summed E-state index contributed by atoms with van der Waals surface area (Å²) in [5, 5.41) is 4.82. The van der Waals surface area contributed by atoms with Gasteiger partial charge in [-0.2, -0.15) is 0 Å². The number of aromatic nitrogens is 1. The SMILES string of the molecule is CC(C)C1CC(Nc2cccc3cc(Br)cnc23)CCO1. The second-order valence-corrected chi connectivity index (χ2v) is 6.97. The van der Waals surface area contributed by atoms with Crippen LogP contribution in [0.2, 0.25) is 0 Å². The van der Waals surface area contributed by atoms with Gasteiger partial charge in [-0.15, -0.1) is 0 Å². The highest BCUT2D eigenvalue weighted by Crippen LogP contribution is 2.27. The van der Waals surface area contributed by atoms with Crippen molar-refractivity contribution < 1.29 is 4.74 Å². The Morgan fingerprint density at radius 1 is 1.38 bits per heavy atom. The fourth-order valence-electron chi connectivity index (χ4n) is 2.89. The van der Waals surface area contributed by atoms with E-state index in [1.54, 1.807) is 0 Å². The highest BCUT2D eigenvalue weighted by atomic mass is 79.9. The van der Waals surface area contributed by atoms with Crippen LogP contribution in [0.15, 0.2) is 34.9 Å². The maximum absolute atomic E-state index is 5.85. The van der Waals surface area contributed by atoms with Crippen LogP contribution in [0.5, 0.6) is 0 Å². The molecule has 21 heavy (non-hydrogen) atoms. The predicted molar refractivity (Wildman–Crippen MR) is 90.7 cm³/mol. The number of benzene rings is 1. The van der Waals surface area contributed by atoms with E-state index in [0.29, 0.717) is 18.1 Å². The van der Waals surface area contributed by atoms with Crippen molar-refractivity contribution >= 4 is 32.5 Å². The quantitative estimate of drug-likeness (QED) is 0.879. The molecule has 2 heterocycles. The highest BCUT2D eigenvalue weighted by molar-refractivity contribution is 9.10. The Balaban J connectivity index is 1.81. The summed E-state index contributed by atoms with van der Waals surface area (Å²) in [6.07, 6.45) is 4.32. The molecular formula is C17H21BrN2O. The minimum atomic E-state index is 0.355. The first-order valence-corrected chi connectivity index (χ1v) is 8.35. The third kappa shape index (κ3) is 3.38. The van der Waals surface area contributed by atoms with Crippen molar-refractivity contribution in [3.8, 4) is 0 Å². The summed E-state index contributed by atoms with van der Waals surface area (Å²) in [5.74, 6) is 0.566. The highest BCUT2D eigenvalue weighted by Gasteiger charge is 2.25. The molecule has 4 heteroatoms. The van der Waals surface area contributed by atoms with Crippen LogP contribution in [0, 0.1) is 5.92 Å². The normalized spacial score (nSPS) is 22.7. The topological polar surface area (TPSA) is 34.2 Å². The van der Waals surface area contributed by atoms with Crippen molar-refractivity contribution in [2.45, 2.75) is 38.8 Å². The van der Waals surface area contributed by atoms with Crippen molar-refractivity contribution in [2.75, 3.05) is 11.9 Å². The van der Waals surface area contributed by atoms with Gasteiger partial charge in [0, 0.05) is 28.7 Å². The molecule has 0 radical (unpaired) electrons. The van der Waals surface area contributed by atoms with Crippen molar-refractivity contribution in [1.29, 1.82) is 0 Å². The van der Waals surface area contributed by atoms with Gasteiger partial charge in [-0.1, -0.05) is 26.0 Å². The van der Waals surface area contributed by atoms with E-state index in [9.17, 15) is 0 Å². The van der Waals surface area contributed by atoms with E-state index in [2.05, 4.69) is 64.3 Å². The maximum atomic E-state index is 5.85. The molecule has 1 N–H and O–H groups in total.